The van der Waals surface area contributed by atoms with E-state index in [-0.39, 0.29) is 46.9 Å². The number of nitrogens with zero attached hydrogens (tertiary/aromatic N) is 3. The zero-order chi connectivity index (χ0) is 30.4. The minimum Gasteiger partial charge on any atom is -0.488 e. The molecule has 4 rings (SSSR count). The summed E-state index contributed by atoms with van der Waals surface area (Å²) in [5.74, 6) is 1.18. The third-order valence-corrected chi connectivity index (χ3v) is 9.41. The first-order valence-corrected chi connectivity index (χ1v) is 16.4. The van der Waals surface area contributed by atoms with Gasteiger partial charge in [0.1, 0.15) is 10.8 Å². The lowest BCUT2D eigenvalue weighted by Gasteiger charge is -2.33. The molecule has 1 saturated carbocycles. The Morgan fingerprint density at radius 2 is 2.07 bits per heavy atom. The molecule has 42 heavy (non-hydrogen) atoms. The number of ether oxygens (including phenoxy) is 1. The summed E-state index contributed by atoms with van der Waals surface area (Å²) in [5.41, 5.74) is 3.09. The number of sulfone groups is 1. The second-order valence-corrected chi connectivity index (χ2v) is 13.8. The largest absolute Gasteiger partial charge is 0.488 e. The maximum absolute atomic E-state index is 12.8. The second-order valence-electron chi connectivity index (χ2n) is 11.4. The normalized spacial score (nSPS) is 18.2. The van der Waals surface area contributed by atoms with E-state index in [9.17, 15) is 13.5 Å². The van der Waals surface area contributed by atoms with Gasteiger partial charge in [0.15, 0.2) is 20.7 Å². The molecule has 1 aromatic carbocycles. The fourth-order valence-electron chi connectivity index (χ4n) is 5.11. The highest BCUT2D eigenvalue weighted by atomic mass is 35.5. The van der Waals surface area contributed by atoms with Crippen molar-refractivity contribution in [2.45, 2.75) is 58.5 Å². The predicted molar refractivity (Wildman–Crippen MR) is 168 cm³/mol. The fraction of sp³-hybridized carbons (Fsp3) is 0.552. The van der Waals surface area contributed by atoms with Crippen molar-refractivity contribution in [2.24, 2.45) is 5.92 Å². The summed E-state index contributed by atoms with van der Waals surface area (Å²) in [4.78, 5) is 11.2. The van der Waals surface area contributed by atoms with Crippen LogP contribution in [0.1, 0.15) is 56.6 Å². The highest BCUT2D eigenvalue weighted by Crippen LogP contribution is 2.39. The molecule has 230 valence electrons. The van der Waals surface area contributed by atoms with Crippen molar-refractivity contribution in [1.29, 1.82) is 5.41 Å². The molecule has 2 aliphatic rings. The van der Waals surface area contributed by atoms with Gasteiger partial charge in [0, 0.05) is 26.3 Å². The van der Waals surface area contributed by atoms with Crippen LogP contribution in [0, 0.1) is 18.3 Å². The van der Waals surface area contributed by atoms with Crippen LogP contribution in [0.3, 0.4) is 0 Å². The summed E-state index contributed by atoms with van der Waals surface area (Å²) in [6.45, 7) is 8.39. The molecule has 2 fully saturated rings. The Hall–Kier alpha value is -2.93. The first-order chi connectivity index (χ1) is 20.0. The average molecular weight is 620 g/mol. The van der Waals surface area contributed by atoms with E-state index in [2.05, 4.69) is 43.8 Å². The van der Waals surface area contributed by atoms with Gasteiger partial charge in [0.05, 0.1) is 36.0 Å². The van der Waals surface area contributed by atoms with Gasteiger partial charge in [-0.05, 0) is 74.2 Å². The van der Waals surface area contributed by atoms with Gasteiger partial charge in [-0.3, -0.25) is 5.41 Å². The van der Waals surface area contributed by atoms with Crippen LogP contribution < -0.4 is 20.7 Å². The summed E-state index contributed by atoms with van der Waals surface area (Å²) >= 11 is 6.39. The summed E-state index contributed by atoms with van der Waals surface area (Å²) in [6, 6.07) is 4.16. The number of benzene rings is 1. The molecule has 1 aromatic heterocycles. The Kier molecular flexibility index (Phi) is 10.7. The molecule has 0 amide bonds. The third kappa shape index (κ3) is 8.33. The van der Waals surface area contributed by atoms with E-state index in [0.717, 1.165) is 55.8 Å². The van der Waals surface area contributed by atoms with Gasteiger partial charge in [-0.15, -0.1) is 0 Å². The van der Waals surface area contributed by atoms with Gasteiger partial charge in [-0.25, -0.2) is 13.4 Å². The number of aromatic nitrogens is 2. The third-order valence-electron chi connectivity index (χ3n) is 7.19. The van der Waals surface area contributed by atoms with Gasteiger partial charge in [-0.1, -0.05) is 25.4 Å². The number of hydrogen-bond acceptors (Lipinski definition) is 11. The van der Waals surface area contributed by atoms with Crippen molar-refractivity contribution in [3.05, 3.63) is 46.4 Å². The number of anilines is 3. The summed E-state index contributed by atoms with van der Waals surface area (Å²) in [7, 11) is -2.22. The second kappa shape index (κ2) is 14.0. The van der Waals surface area contributed by atoms with E-state index in [1.807, 2.05) is 6.07 Å². The van der Waals surface area contributed by atoms with Crippen molar-refractivity contribution in [1.82, 2.24) is 20.2 Å². The van der Waals surface area contributed by atoms with Gasteiger partial charge in [-0.2, -0.15) is 4.98 Å². The molecule has 1 atom stereocenters. The van der Waals surface area contributed by atoms with Crippen LogP contribution in [-0.4, -0.2) is 78.6 Å². The maximum atomic E-state index is 12.8. The number of halogens is 1. The summed E-state index contributed by atoms with van der Waals surface area (Å²) in [6.07, 6.45) is 7.16. The number of β-amino-alcohol motifs (C(OH)–C–C–N with tert-alkyl or cyclic N) is 1. The van der Waals surface area contributed by atoms with Crippen molar-refractivity contribution in [2.75, 3.05) is 49.7 Å². The fourth-order valence-corrected chi connectivity index (χ4v) is 6.74. The first kappa shape index (κ1) is 32.0. The van der Waals surface area contributed by atoms with Crippen molar-refractivity contribution in [3.8, 4) is 5.75 Å². The molecular weight excluding hydrogens is 578 g/mol. The van der Waals surface area contributed by atoms with Crippen LogP contribution in [0.5, 0.6) is 5.75 Å². The zero-order valence-corrected chi connectivity index (χ0v) is 26.3. The number of aliphatic hydroxyl groups excluding tert-OH is 1. The number of piperidine rings is 1. The van der Waals surface area contributed by atoms with E-state index < -0.39 is 14.9 Å². The molecular formula is C29H42ClN7O4S. The number of likely N-dealkylation sites (tertiary alicyclic amines) is 1. The molecule has 2 aromatic rings. The Morgan fingerprint density at radius 3 is 2.74 bits per heavy atom. The number of aliphatic hydroxyl groups is 1. The highest BCUT2D eigenvalue weighted by Gasteiger charge is 2.28. The smallest absolute Gasteiger partial charge is 0.229 e. The minimum absolute atomic E-state index is 0.0189. The highest BCUT2D eigenvalue weighted by molar-refractivity contribution is 8.06. The average Bonchev–Trinajstić information content (AvgIpc) is 3.75. The zero-order valence-electron chi connectivity index (χ0n) is 24.7. The Morgan fingerprint density at radius 1 is 1.31 bits per heavy atom. The van der Waals surface area contributed by atoms with Gasteiger partial charge in [0.25, 0.3) is 0 Å². The van der Waals surface area contributed by atoms with Gasteiger partial charge >= 0.3 is 0 Å². The molecule has 0 radical (unpaired) electrons. The van der Waals surface area contributed by atoms with E-state index in [0.29, 0.717) is 12.5 Å². The molecule has 0 bridgehead atoms. The maximum Gasteiger partial charge on any atom is 0.229 e. The summed E-state index contributed by atoms with van der Waals surface area (Å²) < 4.78 is 31.8. The van der Waals surface area contributed by atoms with E-state index >= 15 is 0 Å². The SMILES string of the molecule is CN/C=C(/Nc1nc(Nc2cc(C)c(C3CCCN(CCO)C3)cc2OC2CC2)ncc1Cl)C(=N)S(=O)(=O)CC(C)C. The Balaban J connectivity index is 1.60. The molecule has 1 aliphatic carbocycles. The van der Waals surface area contributed by atoms with Crippen molar-refractivity contribution >= 4 is 43.9 Å². The topological polar surface area (TPSA) is 153 Å². The minimum atomic E-state index is -3.83. The quantitative estimate of drug-likeness (QED) is 0.161. The lowest BCUT2D eigenvalue weighted by molar-refractivity contribution is 0.161. The Labute approximate surface area is 253 Å². The molecule has 5 N–H and O–H groups in total. The van der Waals surface area contributed by atoms with Crippen molar-refractivity contribution < 1.29 is 18.3 Å². The lowest BCUT2D eigenvalue weighted by atomic mass is 9.87. The lowest BCUT2D eigenvalue weighted by Crippen LogP contribution is -2.36. The van der Waals surface area contributed by atoms with Crippen LogP contribution in [0.25, 0.3) is 0 Å². The molecule has 13 heteroatoms. The van der Waals surface area contributed by atoms with E-state index in [1.165, 1.54) is 18.0 Å². The molecule has 1 unspecified atom stereocenters. The first-order valence-electron chi connectivity index (χ1n) is 14.4. The van der Waals surface area contributed by atoms with Crippen LogP contribution in [0.15, 0.2) is 30.2 Å². The van der Waals surface area contributed by atoms with Crippen LogP contribution in [0.2, 0.25) is 5.02 Å². The predicted octanol–water partition coefficient (Wildman–Crippen LogP) is 4.42. The number of hydrogen-bond donors (Lipinski definition) is 5. The van der Waals surface area contributed by atoms with Crippen LogP contribution >= 0.6 is 11.6 Å². The van der Waals surface area contributed by atoms with E-state index in [1.54, 1.807) is 20.9 Å². The molecule has 0 spiro atoms. The molecule has 1 saturated heterocycles. The monoisotopic (exact) mass is 619 g/mol. The summed E-state index contributed by atoms with van der Waals surface area (Å²) in [5, 5.41) is 26.4. The molecule has 11 nitrogen and oxygen atoms in total. The van der Waals surface area contributed by atoms with Crippen molar-refractivity contribution in [3.63, 3.8) is 0 Å². The van der Waals surface area contributed by atoms with Crippen LogP contribution in [-0.2, 0) is 9.84 Å². The Bertz CT molecular complexity index is 1410. The number of nitrogens with one attached hydrogen (secondary N) is 4. The van der Waals surface area contributed by atoms with Gasteiger partial charge in [0.2, 0.25) is 5.95 Å². The molecule has 1 aliphatic heterocycles. The number of aryl methyl sites for hydroxylation is 1. The van der Waals surface area contributed by atoms with E-state index in [4.69, 9.17) is 21.7 Å². The standard InChI is InChI=1S/C29H42ClN7O4S/c1-18(2)17-42(39,40)27(31)25(15-32-4)34-28-23(30)14-33-29(36-28)35-24-12-19(3)22(13-26(24)41-21-7-8-21)20-6-5-9-37(16-20)10-11-38/h12-15,18,20-21,31-32,38H,5-11,16-17H2,1-4H3,(H2,33,34,35,36)/b25-15+,31-27?. The van der Waals surface area contributed by atoms with Gasteiger partial charge < -0.3 is 30.7 Å². The molecule has 2 heterocycles. The number of rotatable bonds is 13. The van der Waals surface area contributed by atoms with Crippen LogP contribution in [0.4, 0.5) is 17.5 Å².